The van der Waals surface area contributed by atoms with Crippen LogP contribution in [0.3, 0.4) is 0 Å². The highest BCUT2D eigenvalue weighted by Gasteiger charge is 2.16. The van der Waals surface area contributed by atoms with Crippen molar-refractivity contribution in [3.8, 4) is 11.5 Å². The van der Waals surface area contributed by atoms with Gasteiger partial charge in [-0.2, -0.15) is 0 Å². The lowest BCUT2D eigenvalue weighted by Crippen LogP contribution is -2.33. The van der Waals surface area contributed by atoms with E-state index in [0.717, 1.165) is 10.0 Å². The highest BCUT2D eigenvalue weighted by atomic mass is 79.9. The Morgan fingerprint density at radius 1 is 1.12 bits per heavy atom. The average Bonchev–Trinajstić information content (AvgIpc) is 2.51. The van der Waals surface area contributed by atoms with Gasteiger partial charge in [0.25, 0.3) is 0 Å². The summed E-state index contributed by atoms with van der Waals surface area (Å²) in [6, 6.07) is 10.8. The standard InChI is InChI=1S/C19H20BrCl2NO3/c1-19(2,3)26-18(24)23-9-8-12-10-13(20)4-7-17(12)25-14-5-6-15(21)16(22)11-14/h4-7,10-11H,8-9H2,1-3H3,(H,23,24). The Labute approximate surface area is 171 Å². The molecule has 0 atom stereocenters. The summed E-state index contributed by atoms with van der Waals surface area (Å²) in [7, 11) is 0. The molecule has 0 saturated heterocycles. The maximum absolute atomic E-state index is 11.8. The Bertz CT molecular complexity index is 791. The van der Waals surface area contributed by atoms with Gasteiger partial charge in [-0.25, -0.2) is 4.79 Å². The molecule has 2 aromatic rings. The fourth-order valence-corrected chi connectivity index (χ4v) is 2.82. The van der Waals surface area contributed by atoms with Gasteiger partial charge >= 0.3 is 6.09 Å². The van der Waals surface area contributed by atoms with Gasteiger partial charge in [0, 0.05) is 17.1 Å². The van der Waals surface area contributed by atoms with Crippen LogP contribution in [0.4, 0.5) is 4.79 Å². The first-order valence-electron chi connectivity index (χ1n) is 8.02. The molecule has 0 aliphatic rings. The number of hydrogen-bond donors (Lipinski definition) is 1. The van der Waals surface area contributed by atoms with Gasteiger partial charge in [0.2, 0.25) is 0 Å². The lowest BCUT2D eigenvalue weighted by atomic mass is 10.1. The predicted octanol–water partition coefficient (Wildman–Crippen LogP) is 6.62. The van der Waals surface area contributed by atoms with Gasteiger partial charge in [-0.1, -0.05) is 39.1 Å². The van der Waals surface area contributed by atoms with E-state index in [2.05, 4.69) is 21.2 Å². The van der Waals surface area contributed by atoms with E-state index < -0.39 is 11.7 Å². The Morgan fingerprint density at radius 3 is 2.50 bits per heavy atom. The summed E-state index contributed by atoms with van der Waals surface area (Å²) in [6.45, 7) is 5.89. The van der Waals surface area contributed by atoms with Gasteiger partial charge in [-0.05, 0) is 63.1 Å². The van der Waals surface area contributed by atoms with E-state index in [1.165, 1.54) is 0 Å². The fourth-order valence-electron chi connectivity index (χ4n) is 2.12. The third-order valence-corrected chi connectivity index (χ3v) is 4.44. The average molecular weight is 461 g/mol. The lowest BCUT2D eigenvalue weighted by Gasteiger charge is -2.19. The van der Waals surface area contributed by atoms with E-state index in [4.69, 9.17) is 32.7 Å². The molecular formula is C19H20BrCl2NO3. The Kier molecular flexibility index (Phi) is 7.21. The van der Waals surface area contributed by atoms with Crippen molar-refractivity contribution in [2.24, 2.45) is 0 Å². The number of carbonyl (C=O) groups excluding carboxylic acids is 1. The number of hydrogen-bond acceptors (Lipinski definition) is 3. The summed E-state index contributed by atoms with van der Waals surface area (Å²) in [5.41, 5.74) is 0.406. The summed E-state index contributed by atoms with van der Waals surface area (Å²) >= 11 is 15.4. The molecule has 0 unspecified atom stereocenters. The number of amides is 1. The summed E-state index contributed by atoms with van der Waals surface area (Å²) in [5.74, 6) is 1.26. The molecule has 140 valence electrons. The second-order valence-electron chi connectivity index (χ2n) is 6.61. The molecule has 0 aromatic heterocycles. The molecule has 4 nitrogen and oxygen atoms in total. The van der Waals surface area contributed by atoms with Crippen molar-refractivity contribution in [2.75, 3.05) is 6.54 Å². The first kappa shape index (κ1) is 20.9. The van der Waals surface area contributed by atoms with Crippen LogP contribution in [-0.2, 0) is 11.2 Å². The van der Waals surface area contributed by atoms with Crippen molar-refractivity contribution in [3.05, 3.63) is 56.5 Å². The molecule has 0 heterocycles. The molecular weight excluding hydrogens is 441 g/mol. The van der Waals surface area contributed by atoms with E-state index >= 15 is 0 Å². The number of halogens is 3. The van der Waals surface area contributed by atoms with E-state index in [9.17, 15) is 4.79 Å². The van der Waals surface area contributed by atoms with Gasteiger partial charge in [-0.15, -0.1) is 0 Å². The molecule has 0 aliphatic carbocycles. The number of nitrogens with one attached hydrogen (secondary N) is 1. The minimum absolute atomic E-state index is 0.420. The van der Waals surface area contributed by atoms with Crippen molar-refractivity contribution in [2.45, 2.75) is 32.8 Å². The van der Waals surface area contributed by atoms with Crippen molar-refractivity contribution in [1.82, 2.24) is 5.32 Å². The van der Waals surface area contributed by atoms with Crippen LogP contribution in [0, 0.1) is 0 Å². The van der Waals surface area contributed by atoms with Crippen LogP contribution >= 0.6 is 39.1 Å². The molecule has 2 rings (SSSR count). The topological polar surface area (TPSA) is 47.6 Å². The van der Waals surface area contributed by atoms with Crippen molar-refractivity contribution < 1.29 is 14.3 Å². The quantitative estimate of drug-likeness (QED) is 0.545. The van der Waals surface area contributed by atoms with E-state index in [1.807, 2.05) is 39.0 Å². The maximum atomic E-state index is 11.8. The lowest BCUT2D eigenvalue weighted by molar-refractivity contribution is 0.0528. The predicted molar refractivity (Wildman–Crippen MR) is 109 cm³/mol. The summed E-state index contributed by atoms with van der Waals surface area (Å²) < 4.78 is 12.1. The molecule has 0 spiro atoms. The first-order valence-corrected chi connectivity index (χ1v) is 9.57. The second-order valence-corrected chi connectivity index (χ2v) is 8.34. The number of rotatable bonds is 5. The fraction of sp³-hybridized carbons (Fsp3) is 0.316. The van der Waals surface area contributed by atoms with Crippen LogP contribution in [0.5, 0.6) is 11.5 Å². The molecule has 7 heteroatoms. The molecule has 2 aromatic carbocycles. The zero-order valence-corrected chi connectivity index (χ0v) is 17.8. The normalized spacial score (nSPS) is 11.2. The smallest absolute Gasteiger partial charge is 0.407 e. The Balaban J connectivity index is 2.05. The summed E-state index contributed by atoms with van der Waals surface area (Å²) in [6.07, 6.45) is 0.134. The SMILES string of the molecule is CC(C)(C)OC(=O)NCCc1cc(Br)ccc1Oc1ccc(Cl)c(Cl)c1. The largest absolute Gasteiger partial charge is 0.457 e. The van der Waals surface area contributed by atoms with Gasteiger partial charge in [0.05, 0.1) is 10.0 Å². The second kappa shape index (κ2) is 8.98. The van der Waals surface area contributed by atoms with Gasteiger partial charge < -0.3 is 14.8 Å². The summed E-state index contributed by atoms with van der Waals surface area (Å²) in [5, 5.41) is 3.64. The molecule has 0 bridgehead atoms. The Hall–Kier alpha value is -1.43. The monoisotopic (exact) mass is 459 g/mol. The van der Waals surface area contributed by atoms with Gasteiger partial charge in [0.15, 0.2) is 0 Å². The van der Waals surface area contributed by atoms with Crippen LogP contribution in [-0.4, -0.2) is 18.2 Å². The highest BCUT2D eigenvalue weighted by Crippen LogP contribution is 2.32. The molecule has 1 amide bonds. The summed E-state index contributed by atoms with van der Waals surface area (Å²) in [4.78, 5) is 11.8. The van der Waals surface area contributed by atoms with Gasteiger partial charge in [-0.3, -0.25) is 0 Å². The molecule has 0 radical (unpaired) electrons. The molecule has 1 N–H and O–H groups in total. The van der Waals surface area contributed by atoms with E-state index in [1.54, 1.807) is 18.2 Å². The third-order valence-electron chi connectivity index (χ3n) is 3.20. The van der Waals surface area contributed by atoms with Crippen LogP contribution < -0.4 is 10.1 Å². The van der Waals surface area contributed by atoms with Crippen LogP contribution in [0.1, 0.15) is 26.3 Å². The zero-order chi connectivity index (χ0) is 19.3. The number of benzene rings is 2. The van der Waals surface area contributed by atoms with Crippen molar-refractivity contribution in [1.29, 1.82) is 0 Å². The van der Waals surface area contributed by atoms with Gasteiger partial charge in [0.1, 0.15) is 17.1 Å². The van der Waals surface area contributed by atoms with Crippen molar-refractivity contribution in [3.63, 3.8) is 0 Å². The first-order chi connectivity index (χ1) is 12.1. The minimum atomic E-state index is -0.526. The highest BCUT2D eigenvalue weighted by molar-refractivity contribution is 9.10. The van der Waals surface area contributed by atoms with Crippen LogP contribution in [0.2, 0.25) is 10.0 Å². The molecule has 0 saturated carbocycles. The minimum Gasteiger partial charge on any atom is -0.457 e. The third kappa shape index (κ3) is 6.71. The van der Waals surface area contributed by atoms with Crippen molar-refractivity contribution >= 4 is 45.2 Å². The number of carbonyl (C=O) groups is 1. The maximum Gasteiger partial charge on any atom is 0.407 e. The number of ether oxygens (including phenoxy) is 2. The van der Waals surface area contributed by atoms with E-state index in [-0.39, 0.29) is 0 Å². The van der Waals surface area contributed by atoms with E-state index in [0.29, 0.717) is 34.5 Å². The molecule has 26 heavy (non-hydrogen) atoms. The number of alkyl carbamates (subject to hydrolysis) is 1. The molecule has 0 fully saturated rings. The van der Waals surface area contributed by atoms with Crippen LogP contribution in [0.25, 0.3) is 0 Å². The zero-order valence-electron chi connectivity index (χ0n) is 14.7. The Morgan fingerprint density at radius 2 is 1.85 bits per heavy atom. The van der Waals surface area contributed by atoms with Crippen LogP contribution in [0.15, 0.2) is 40.9 Å². The molecule has 0 aliphatic heterocycles.